The van der Waals surface area contributed by atoms with E-state index in [1.54, 1.807) is 0 Å². The number of ether oxygens (including phenoxy) is 1. The Bertz CT molecular complexity index is 411. The van der Waals surface area contributed by atoms with Crippen LogP contribution in [0.4, 0.5) is 8.78 Å². The molecular formula is C11H10F2O2. The number of benzene rings is 1. The van der Waals surface area contributed by atoms with E-state index in [0.29, 0.717) is 0 Å². The fourth-order valence-electron chi connectivity index (χ4n) is 1.08. The van der Waals surface area contributed by atoms with Gasteiger partial charge in [-0.1, -0.05) is 0 Å². The summed E-state index contributed by atoms with van der Waals surface area (Å²) in [4.78, 5) is 11.0. The van der Waals surface area contributed by atoms with Crippen molar-refractivity contribution in [2.75, 3.05) is 7.11 Å². The Labute approximate surface area is 86.2 Å². The van der Waals surface area contributed by atoms with Gasteiger partial charge in [0.05, 0.1) is 7.11 Å². The molecule has 0 bridgehead atoms. The molecule has 0 aromatic heterocycles. The number of hydrogen-bond donors (Lipinski definition) is 0. The van der Waals surface area contributed by atoms with Gasteiger partial charge in [-0.25, -0.2) is 13.6 Å². The molecule has 0 unspecified atom stereocenters. The van der Waals surface area contributed by atoms with Crippen molar-refractivity contribution in [1.29, 1.82) is 0 Å². The van der Waals surface area contributed by atoms with E-state index >= 15 is 0 Å². The van der Waals surface area contributed by atoms with Crippen molar-refractivity contribution in [2.24, 2.45) is 0 Å². The third kappa shape index (κ3) is 2.87. The summed E-state index contributed by atoms with van der Waals surface area (Å²) in [6.45, 7) is 1.47. The zero-order valence-electron chi connectivity index (χ0n) is 8.38. The van der Waals surface area contributed by atoms with Crippen molar-refractivity contribution >= 4 is 12.0 Å². The SMILES string of the molecule is COC(=O)/C(C)=C/c1cc(F)ccc1F. The molecule has 1 aromatic rings. The molecule has 0 radical (unpaired) electrons. The smallest absolute Gasteiger partial charge is 0.333 e. The predicted octanol–water partition coefficient (Wildman–Crippen LogP) is 2.54. The van der Waals surface area contributed by atoms with Crippen LogP contribution in [0.1, 0.15) is 12.5 Å². The molecule has 1 rings (SSSR count). The van der Waals surface area contributed by atoms with Crippen LogP contribution in [0, 0.1) is 11.6 Å². The van der Waals surface area contributed by atoms with Crippen molar-refractivity contribution in [3.05, 3.63) is 41.0 Å². The Morgan fingerprint density at radius 1 is 1.40 bits per heavy atom. The molecule has 4 heteroatoms. The van der Waals surface area contributed by atoms with Crippen molar-refractivity contribution in [1.82, 2.24) is 0 Å². The summed E-state index contributed by atoms with van der Waals surface area (Å²) >= 11 is 0. The number of hydrogen-bond acceptors (Lipinski definition) is 2. The average molecular weight is 212 g/mol. The van der Waals surface area contributed by atoms with E-state index in [4.69, 9.17) is 0 Å². The first kappa shape index (κ1) is 11.4. The van der Waals surface area contributed by atoms with Crippen LogP contribution in [0.2, 0.25) is 0 Å². The lowest BCUT2D eigenvalue weighted by Crippen LogP contribution is -2.01. The Morgan fingerprint density at radius 3 is 2.67 bits per heavy atom. The minimum atomic E-state index is -0.584. The fraction of sp³-hybridized carbons (Fsp3) is 0.182. The quantitative estimate of drug-likeness (QED) is 0.556. The summed E-state index contributed by atoms with van der Waals surface area (Å²) in [5.41, 5.74) is 0.236. The van der Waals surface area contributed by atoms with Crippen molar-refractivity contribution in [3.63, 3.8) is 0 Å². The van der Waals surface area contributed by atoms with E-state index in [1.807, 2.05) is 0 Å². The average Bonchev–Trinajstić information content (AvgIpc) is 2.22. The molecule has 0 spiro atoms. The molecule has 0 fully saturated rings. The highest BCUT2D eigenvalue weighted by molar-refractivity contribution is 5.92. The second-order valence-electron chi connectivity index (χ2n) is 2.98. The fourth-order valence-corrected chi connectivity index (χ4v) is 1.08. The van der Waals surface area contributed by atoms with Gasteiger partial charge < -0.3 is 4.74 Å². The van der Waals surface area contributed by atoms with Gasteiger partial charge >= 0.3 is 5.97 Å². The lowest BCUT2D eigenvalue weighted by molar-refractivity contribution is -0.135. The van der Waals surface area contributed by atoms with Gasteiger partial charge in [-0.05, 0) is 31.2 Å². The summed E-state index contributed by atoms with van der Waals surface area (Å²) in [5, 5.41) is 0. The first-order chi connectivity index (χ1) is 7.04. The van der Waals surface area contributed by atoms with Gasteiger partial charge in [0.1, 0.15) is 11.6 Å². The van der Waals surface area contributed by atoms with Crippen molar-refractivity contribution < 1.29 is 18.3 Å². The first-order valence-electron chi connectivity index (χ1n) is 4.26. The highest BCUT2D eigenvalue weighted by atomic mass is 19.1. The van der Waals surface area contributed by atoms with E-state index in [1.165, 1.54) is 20.1 Å². The minimum absolute atomic E-state index is 0.0258. The molecule has 0 amide bonds. The van der Waals surface area contributed by atoms with Crippen LogP contribution < -0.4 is 0 Å². The van der Waals surface area contributed by atoms with Crippen LogP contribution >= 0.6 is 0 Å². The van der Waals surface area contributed by atoms with Crippen LogP contribution in [0.3, 0.4) is 0 Å². The minimum Gasteiger partial charge on any atom is -0.466 e. The first-order valence-corrected chi connectivity index (χ1v) is 4.26. The highest BCUT2D eigenvalue weighted by Gasteiger charge is 2.06. The number of carbonyl (C=O) groups excluding carboxylic acids is 1. The normalized spacial score (nSPS) is 11.3. The summed E-state index contributed by atoms with van der Waals surface area (Å²) < 4.78 is 30.3. The molecule has 0 aliphatic carbocycles. The lowest BCUT2D eigenvalue weighted by Gasteiger charge is -2.00. The number of rotatable bonds is 2. The third-order valence-corrected chi connectivity index (χ3v) is 1.84. The summed E-state index contributed by atoms with van der Waals surface area (Å²) in [5.74, 6) is -1.71. The number of halogens is 2. The van der Waals surface area contributed by atoms with E-state index in [-0.39, 0.29) is 11.1 Å². The Kier molecular flexibility index (Phi) is 3.55. The van der Waals surface area contributed by atoms with Crippen LogP contribution in [-0.4, -0.2) is 13.1 Å². The molecule has 0 atom stereocenters. The molecule has 0 heterocycles. The lowest BCUT2D eigenvalue weighted by atomic mass is 10.1. The van der Waals surface area contributed by atoms with Crippen LogP contribution in [0.5, 0.6) is 0 Å². The third-order valence-electron chi connectivity index (χ3n) is 1.84. The predicted molar refractivity (Wildman–Crippen MR) is 52.0 cm³/mol. The molecule has 0 N–H and O–H groups in total. The van der Waals surface area contributed by atoms with E-state index < -0.39 is 17.6 Å². The molecule has 2 nitrogen and oxygen atoms in total. The zero-order valence-corrected chi connectivity index (χ0v) is 8.38. The van der Waals surface area contributed by atoms with Gasteiger partial charge in [0.25, 0.3) is 0 Å². The number of methoxy groups -OCH3 is 1. The molecular weight excluding hydrogens is 202 g/mol. The monoisotopic (exact) mass is 212 g/mol. The Morgan fingerprint density at radius 2 is 2.07 bits per heavy atom. The second kappa shape index (κ2) is 4.68. The van der Waals surface area contributed by atoms with Gasteiger partial charge in [0.2, 0.25) is 0 Å². The van der Waals surface area contributed by atoms with Crippen LogP contribution in [0.25, 0.3) is 6.08 Å². The van der Waals surface area contributed by atoms with Gasteiger partial charge in [-0.3, -0.25) is 0 Å². The van der Waals surface area contributed by atoms with Gasteiger partial charge in [0.15, 0.2) is 0 Å². The van der Waals surface area contributed by atoms with Crippen molar-refractivity contribution in [3.8, 4) is 0 Å². The van der Waals surface area contributed by atoms with E-state index in [9.17, 15) is 13.6 Å². The topological polar surface area (TPSA) is 26.3 Å². The highest BCUT2D eigenvalue weighted by Crippen LogP contribution is 2.14. The molecule has 0 aliphatic heterocycles. The Balaban J connectivity index is 3.07. The summed E-state index contributed by atoms with van der Waals surface area (Å²) in [6, 6.07) is 3.04. The number of carbonyl (C=O) groups is 1. The molecule has 15 heavy (non-hydrogen) atoms. The number of esters is 1. The van der Waals surface area contributed by atoms with Crippen molar-refractivity contribution in [2.45, 2.75) is 6.92 Å². The zero-order chi connectivity index (χ0) is 11.4. The van der Waals surface area contributed by atoms with E-state index in [2.05, 4.69) is 4.74 Å². The second-order valence-corrected chi connectivity index (χ2v) is 2.98. The molecule has 0 saturated heterocycles. The summed E-state index contributed by atoms with van der Waals surface area (Å²) in [6.07, 6.45) is 1.24. The maximum atomic E-state index is 13.1. The molecule has 0 saturated carbocycles. The summed E-state index contributed by atoms with van der Waals surface area (Å²) in [7, 11) is 1.22. The van der Waals surface area contributed by atoms with Crippen LogP contribution in [0.15, 0.2) is 23.8 Å². The molecule has 80 valence electrons. The van der Waals surface area contributed by atoms with E-state index in [0.717, 1.165) is 18.2 Å². The molecule has 1 aromatic carbocycles. The van der Waals surface area contributed by atoms with Gasteiger partial charge in [0, 0.05) is 11.1 Å². The largest absolute Gasteiger partial charge is 0.466 e. The maximum Gasteiger partial charge on any atom is 0.333 e. The standard InChI is InChI=1S/C11H10F2O2/c1-7(11(14)15-2)5-8-6-9(12)3-4-10(8)13/h3-6H,1-2H3/b7-5+. The van der Waals surface area contributed by atoms with Gasteiger partial charge in [-0.15, -0.1) is 0 Å². The maximum absolute atomic E-state index is 13.1. The molecule has 0 aliphatic rings. The Hall–Kier alpha value is -1.71. The van der Waals surface area contributed by atoms with Crippen LogP contribution in [-0.2, 0) is 9.53 Å². The van der Waals surface area contributed by atoms with Gasteiger partial charge in [-0.2, -0.15) is 0 Å².